The van der Waals surface area contributed by atoms with Crippen LogP contribution in [0.2, 0.25) is 5.02 Å². The van der Waals surface area contributed by atoms with E-state index in [4.69, 9.17) is 11.6 Å². The first kappa shape index (κ1) is 11.9. The first-order valence-electron chi connectivity index (χ1n) is 5.95. The maximum atomic E-state index is 5.89. The minimum absolute atomic E-state index is 0.609. The molecule has 0 amide bonds. The summed E-state index contributed by atoms with van der Waals surface area (Å²) in [6.45, 7) is 6.72. The van der Waals surface area contributed by atoms with E-state index in [2.05, 4.69) is 29.3 Å². The van der Waals surface area contributed by atoms with E-state index >= 15 is 0 Å². The molecule has 16 heavy (non-hydrogen) atoms. The zero-order valence-electron chi connectivity index (χ0n) is 9.75. The quantitative estimate of drug-likeness (QED) is 0.852. The van der Waals surface area contributed by atoms with Gasteiger partial charge >= 0.3 is 0 Å². The molecule has 1 aliphatic heterocycles. The van der Waals surface area contributed by atoms with Crippen LogP contribution in [0.15, 0.2) is 24.3 Å². The van der Waals surface area contributed by atoms with Gasteiger partial charge in [0.05, 0.1) is 0 Å². The molecule has 1 N–H and O–H groups in total. The van der Waals surface area contributed by atoms with Crippen molar-refractivity contribution in [3.8, 4) is 0 Å². The highest BCUT2D eigenvalue weighted by atomic mass is 35.5. The number of nitrogens with zero attached hydrogens (tertiary/aromatic N) is 1. The molecule has 0 bridgehead atoms. The highest BCUT2D eigenvalue weighted by molar-refractivity contribution is 6.30. The highest BCUT2D eigenvalue weighted by Crippen LogP contribution is 2.14. The fraction of sp³-hybridized carbons (Fsp3) is 0.538. The third kappa shape index (κ3) is 3.21. The van der Waals surface area contributed by atoms with E-state index in [-0.39, 0.29) is 0 Å². The van der Waals surface area contributed by atoms with Crippen LogP contribution < -0.4 is 5.32 Å². The van der Waals surface area contributed by atoms with E-state index in [1.165, 1.54) is 18.5 Å². The van der Waals surface area contributed by atoms with Gasteiger partial charge in [0.1, 0.15) is 0 Å². The third-order valence-corrected chi connectivity index (χ3v) is 3.41. The second kappa shape index (κ2) is 5.67. The van der Waals surface area contributed by atoms with Crippen LogP contribution in [0.5, 0.6) is 0 Å². The van der Waals surface area contributed by atoms with Crippen molar-refractivity contribution in [3.05, 3.63) is 34.9 Å². The van der Waals surface area contributed by atoms with Gasteiger partial charge in [-0.25, -0.2) is 0 Å². The maximum Gasteiger partial charge on any atom is 0.0406 e. The van der Waals surface area contributed by atoms with Gasteiger partial charge in [-0.2, -0.15) is 0 Å². The Balaban J connectivity index is 1.99. The predicted octanol–water partition coefficient (Wildman–Crippen LogP) is 2.52. The van der Waals surface area contributed by atoms with Gasteiger partial charge < -0.3 is 5.32 Å². The second-order valence-corrected chi connectivity index (χ2v) is 4.94. The Morgan fingerprint density at radius 1 is 1.38 bits per heavy atom. The standard InChI is InChI=1S/C13H19ClN2/c1-11-9-15-7-2-8-16(11)10-12-3-5-13(14)6-4-12/h3-6,11,15H,2,7-10H2,1H3. The lowest BCUT2D eigenvalue weighted by atomic mass is 10.2. The molecule has 1 atom stereocenters. The van der Waals surface area contributed by atoms with Crippen LogP contribution in [-0.4, -0.2) is 30.6 Å². The van der Waals surface area contributed by atoms with Gasteiger partial charge in [-0.05, 0) is 37.6 Å². The monoisotopic (exact) mass is 238 g/mol. The van der Waals surface area contributed by atoms with Crippen LogP contribution in [0.25, 0.3) is 0 Å². The molecule has 0 saturated carbocycles. The van der Waals surface area contributed by atoms with Gasteiger partial charge in [-0.3, -0.25) is 4.90 Å². The number of benzene rings is 1. The zero-order valence-corrected chi connectivity index (χ0v) is 10.5. The maximum absolute atomic E-state index is 5.89. The minimum Gasteiger partial charge on any atom is -0.315 e. The molecule has 1 aliphatic rings. The summed E-state index contributed by atoms with van der Waals surface area (Å²) in [7, 11) is 0. The Labute approximate surface area is 103 Å². The molecular weight excluding hydrogens is 220 g/mol. The van der Waals surface area contributed by atoms with Gasteiger partial charge in [-0.1, -0.05) is 23.7 Å². The lowest BCUT2D eigenvalue weighted by Crippen LogP contribution is -2.36. The molecule has 2 nitrogen and oxygen atoms in total. The highest BCUT2D eigenvalue weighted by Gasteiger charge is 2.16. The molecule has 3 heteroatoms. The topological polar surface area (TPSA) is 15.3 Å². The normalized spacial score (nSPS) is 23.0. The van der Waals surface area contributed by atoms with Crippen molar-refractivity contribution in [2.24, 2.45) is 0 Å². The average Bonchev–Trinajstić information content (AvgIpc) is 2.48. The summed E-state index contributed by atoms with van der Waals surface area (Å²) in [6.07, 6.45) is 1.23. The fourth-order valence-corrected chi connectivity index (χ4v) is 2.25. The van der Waals surface area contributed by atoms with E-state index < -0.39 is 0 Å². The summed E-state index contributed by atoms with van der Waals surface area (Å²) in [6, 6.07) is 8.79. The van der Waals surface area contributed by atoms with Gasteiger partial charge in [0.25, 0.3) is 0 Å². The first-order valence-corrected chi connectivity index (χ1v) is 6.33. The zero-order chi connectivity index (χ0) is 11.4. The van der Waals surface area contributed by atoms with E-state index in [0.29, 0.717) is 6.04 Å². The van der Waals surface area contributed by atoms with E-state index in [0.717, 1.165) is 24.7 Å². The molecule has 1 fully saturated rings. The number of rotatable bonds is 2. The van der Waals surface area contributed by atoms with E-state index in [9.17, 15) is 0 Å². The summed E-state index contributed by atoms with van der Waals surface area (Å²) >= 11 is 5.89. The molecule has 1 unspecified atom stereocenters. The van der Waals surface area contributed by atoms with E-state index in [1.54, 1.807) is 0 Å². The van der Waals surface area contributed by atoms with Crippen LogP contribution >= 0.6 is 11.6 Å². The summed E-state index contributed by atoms with van der Waals surface area (Å²) in [5.41, 5.74) is 1.35. The van der Waals surface area contributed by atoms with Gasteiger partial charge in [-0.15, -0.1) is 0 Å². The Morgan fingerprint density at radius 2 is 2.12 bits per heavy atom. The summed E-state index contributed by atoms with van der Waals surface area (Å²) in [4.78, 5) is 2.53. The molecule has 1 heterocycles. The molecule has 0 spiro atoms. The Kier molecular flexibility index (Phi) is 4.22. The number of hydrogen-bond donors (Lipinski definition) is 1. The lowest BCUT2D eigenvalue weighted by Gasteiger charge is -2.26. The van der Waals surface area contributed by atoms with Crippen molar-refractivity contribution in [2.45, 2.75) is 25.9 Å². The Morgan fingerprint density at radius 3 is 2.88 bits per heavy atom. The third-order valence-electron chi connectivity index (χ3n) is 3.16. The number of nitrogens with one attached hydrogen (secondary N) is 1. The van der Waals surface area contributed by atoms with Crippen molar-refractivity contribution in [3.63, 3.8) is 0 Å². The summed E-state index contributed by atoms with van der Waals surface area (Å²) in [5.74, 6) is 0. The van der Waals surface area contributed by atoms with Crippen LogP contribution in [-0.2, 0) is 6.54 Å². The minimum atomic E-state index is 0.609. The van der Waals surface area contributed by atoms with Crippen LogP contribution in [0, 0.1) is 0 Å². The smallest absolute Gasteiger partial charge is 0.0406 e. The Bertz CT molecular complexity index is 323. The molecule has 0 aromatic heterocycles. The summed E-state index contributed by atoms with van der Waals surface area (Å²) in [5, 5.41) is 4.27. The fourth-order valence-electron chi connectivity index (χ4n) is 2.13. The van der Waals surface area contributed by atoms with Crippen LogP contribution in [0.3, 0.4) is 0 Å². The Hall–Kier alpha value is -0.570. The molecule has 88 valence electrons. The van der Waals surface area contributed by atoms with Crippen LogP contribution in [0.1, 0.15) is 18.9 Å². The van der Waals surface area contributed by atoms with Crippen molar-refractivity contribution >= 4 is 11.6 Å². The number of halogens is 1. The molecular formula is C13H19ClN2. The molecule has 1 saturated heterocycles. The van der Waals surface area contributed by atoms with E-state index in [1.807, 2.05) is 12.1 Å². The molecule has 0 aliphatic carbocycles. The van der Waals surface area contributed by atoms with Crippen LogP contribution in [0.4, 0.5) is 0 Å². The number of hydrogen-bond acceptors (Lipinski definition) is 2. The SMILES string of the molecule is CC1CNCCCN1Cc1ccc(Cl)cc1. The predicted molar refractivity (Wildman–Crippen MR) is 68.8 cm³/mol. The molecule has 0 radical (unpaired) electrons. The average molecular weight is 239 g/mol. The van der Waals surface area contributed by atoms with Crippen molar-refractivity contribution < 1.29 is 0 Å². The first-order chi connectivity index (χ1) is 7.75. The van der Waals surface area contributed by atoms with Gasteiger partial charge in [0.15, 0.2) is 0 Å². The molecule has 1 aromatic carbocycles. The van der Waals surface area contributed by atoms with Gasteiger partial charge in [0.2, 0.25) is 0 Å². The van der Waals surface area contributed by atoms with Gasteiger partial charge in [0, 0.05) is 30.7 Å². The summed E-state index contributed by atoms with van der Waals surface area (Å²) < 4.78 is 0. The molecule has 2 rings (SSSR count). The van der Waals surface area contributed by atoms with Crippen molar-refractivity contribution in [2.75, 3.05) is 19.6 Å². The van der Waals surface area contributed by atoms with Crippen molar-refractivity contribution in [1.82, 2.24) is 10.2 Å². The van der Waals surface area contributed by atoms with Crippen molar-refractivity contribution in [1.29, 1.82) is 0 Å². The second-order valence-electron chi connectivity index (χ2n) is 4.50. The lowest BCUT2D eigenvalue weighted by molar-refractivity contribution is 0.214. The largest absolute Gasteiger partial charge is 0.315 e. The molecule has 1 aromatic rings.